The van der Waals surface area contributed by atoms with Crippen molar-refractivity contribution in [1.29, 1.82) is 0 Å². The largest absolute Gasteiger partial charge is 0.496 e. The third-order valence-corrected chi connectivity index (χ3v) is 6.22. The average Bonchev–Trinajstić information content (AvgIpc) is 2.38. The van der Waals surface area contributed by atoms with E-state index in [1.807, 2.05) is 20.8 Å². The maximum atomic E-state index is 12.6. The quantitative estimate of drug-likeness (QED) is 0.819. The Morgan fingerprint density at radius 1 is 1.37 bits per heavy atom. The van der Waals surface area contributed by atoms with Gasteiger partial charge in [0.25, 0.3) is 0 Å². The summed E-state index contributed by atoms with van der Waals surface area (Å²) in [7, 11) is -0.411. The Labute approximate surface area is 123 Å². The molecule has 108 valence electrons. The Morgan fingerprint density at radius 2 is 1.95 bits per heavy atom. The van der Waals surface area contributed by atoms with Crippen LogP contribution in [0.25, 0.3) is 0 Å². The first-order valence-electron chi connectivity index (χ1n) is 5.99. The van der Waals surface area contributed by atoms with Crippen LogP contribution in [0.3, 0.4) is 0 Å². The first-order valence-corrected chi connectivity index (χ1v) is 8.22. The molecule has 4 nitrogen and oxygen atoms in total. The molecule has 0 aliphatic carbocycles. The molecule has 0 atom stereocenters. The van der Waals surface area contributed by atoms with Crippen molar-refractivity contribution in [2.75, 3.05) is 14.2 Å². The van der Waals surface area contributed by atoms with Crippen molar-refractivity contribution >= 4 is 26.0 Å². The summed E-state index contributed by atoms with van der Waals surface area (Å²) in [6, 6.07) is 4.78. The van der Waals surface area contributed by atoms with Crippen molar-refractivity contribution in [3.8, 4) is 5.75 Å². The molecule has 0 aromatic heterocycles. The van der Waals surface area contributed by atoms with Gasteiger partial charge in [-0.15, -0.1) is 0 Å². The highest BCUT2D eigenvalue weighted by Gasteiger charge is 2.32. The third kappa shape index (κ3) is 3.30. The summed E-state index contributed by atoms with van der Waals surface area (Å²) in [5.74, 6) is 0.503. The minimum Gasteiger partial charge on any atom is -0.496 e. The van der Waals surface area contributed by atoms with Gasteiger partial charge in [-0.3, -0.25) is 0 Å². The van der Waals surface area contributed by atoms with Gasteiger partial charge in [0.1, 0.15) is 5.75 Å². The second-order valence-corrected chi connectivity index (χ2v) is 7.76. The minimum atomic E-state index is -3.53. The van der Waals surface area contributed by atoms with Gasteiger partial charge in [0.15, 0.2) is 0 Å². The highest BCUT2D eigenvalue weighted by molar-refractivity contribution is 9.10. The average molecular weight is 350 g/mol. The van der Waals surface area contributed by atoms with E-state index in [0.717, 1.165) is 10.9 Å². The number of rotatable bonds is 5. The number of methoxy groups -OCH3 is 1. The fraction of sp³-hybridized carbons (Fsp3) is 0.538. The summed E-state index contributed by atoms with van der Waals surface area (Å²) in [4.78, 5) is 0.233. The summed E-state index contributed by atoms with van der Waals surface area (Å²) >= 11 is 3.31. The molecular formula is C13H20BrNO3S. The van der Waals surface area contributed by atoms with Gasteiger partial charge in [-0.2, -0.15) is 4.31 Å². The SMILES string of the molecule is CCC(C)(C)N(C)S(=O)(=O)c1ccc(Br)c(OC)c1. The topological polar surface area (TPSA) is 46.6 Å². The van der Waals surface area contributed by atoms with E-state index in [1.165, 1.54) is 17.5 Å². The first kappa shape index (κ1) is 16.5. The van der Waals surface area contributed by atoms with E-state index in [9.17, 15) is 8.42 Å². The number of hydrogen-bond acceptors (Lipinski definition) is 3. The van der Waals surface area contributed by atoms with Gasteiger partial charge in [0.2, 0.25) is 10.0 Å². The molecule has 1 aromatic carbocycles. The molecule has 0 amide bonds. The van der Waals surface area contributed by atoms with Crippen molar-refractivity contribution in [3.63, 3.8) is 0 Å². The molecule has 0 aliphatic rings. The van der Waals surface area contributed by atoms with Gasteiger partial charge < -0.3 is 4.74 Å². The van der Waals surface area contributed by atoms with Crippen molar-refractivity contribution in [2.24, 2.45) is 0 Å². The lowest BCUT2D eigenvalue weighted by Crippen LogP contribution is -2.44. The Kier molecular flexibility index (Phi) is 5.03. The maximum absolute atomic E-state index is 12.6. The fourth-order valence-corrected chi connectivity index (χ4v) is 3.51. The molecule has 1 rings (SSSR count). The van der Waals surface area contributed by atoms with E-state index in [1.54, 1.807) is 19.2 Å². The van der Waals surface area contributed by atoms with Crippen LogP contribution in [-0.2, 0) is 10.0 Å². The van der Waals surface area contributed by atoms with Gasteiger partial charge in [-0.05, 0) is 48.3 Å². The molecule has 0 heterocycles. The van der Waals surface area contributed by atoms with E-state index < -0.39 is 15.6 Å². The zero-order valence-electron chi connectivity index (χ0n) is 11.9. The van der Waals surface area contributed by atoms with Crippen molar-refractivity contribution in [3.05, 3.63) is 22.7 Å². The van der Waals surface area contributed by atoms with Crippen LogP contribution in [0.5, 0.6) is 5.75 Å². The molecule has 0 unspecified atom stereocenters. The summed E-state index contributed by atoms with van der Waals surface area (Å²) in [5.41, 5.74) is -0.431. The highest BCUT2D eigenvalue weighted by atomic mass is 79.9. The van der Waals surface area contributed by atoms with E-state index in [2.05, 4.69) is 15.9 Å². The summed E-state index contributed by atoms with van der Waals surface area (Å²) in [5, 5.41) is 0. The predicted molar refractivity (Wildman–Crippen MR) is 80.0 cm³/mol. The third-order valence-electron chi connectivity index (χ3n) is 3.50. The second kappa shape index (κ2) is 5.81. The molecule has 0 bridgehead atoms. The molecule has 1 aromatic rings. The van der Waals surface area contributed by atoms with Crippen LogP contribution in [0.4, 0.5) is 0 Å². The van der Waals surface area contributed by atoms with Crippen LogP contribution in [-0.4, -0.2) is 32.4 Å². The standard InChI is InChI=1S/C13H20BrNO3S/c1-6-13(2,3)15(4)19(16,17)10-7-8-11(14)12(9-10)18-5/h7-9H,6H2,1-5H3. The summed E-state index contributed by atoms with van der Waals surface area (Å²) in [6.07, 6.45) is 0.733. The smallest absolute Gasteiger partial charge is 0.243 e. The van der Waals surface area contributed by atoms with Gasteiger partial charge in [0.05, 0.1) is 16.5 Å². The van der Waals surface area contributed by atoms with Crippen LogP contribution < -0.4 is 4.74 Å². The molecule has 0 radical (unpaired) electrons. The monoisotopic (exact) mass is 349 g/mol. The van der Waals surface area contributed by atoms with E-state index in [0.29, 0.717) is 5.75 Å². The Hall–Kier alpha value is -0.590. The lowest BCUT2D eigenvalue weighted by molar-refractivity contribution is 0.257. The van der Waals surface area contributed by atoms with Crippen LogP contribution in [0.2, 0.25) is 0 Å². The normalized spacial score (nSPS) is 12.8. The first-order chi connectivity index (χ1) is 8.66. The van der Waals surface area contributed by atoms with Crippen molar-refractivity contribution in [2.45, 2.75) is 37.6 Å². The van der Waals surface area contributed by atoms with Gasteiger partial charge in [0, 0.05) is 18.7 Å². The van der Waals surface area contributed by atoms with E-state index in [4.69, 9.17) is 4.74 Å². The number of ether oxygens (including phenoxy) is 1. The Balaban J connectivity index is 3.28. The number of halogens is 1. The number of sulfonamides is 1. The van der Waals surface area contributed by atoms with Crippen molar-refractivity contribution < 1.29 is 13.2 Å². The minimum absolute atomic E-state index is 0.233. The summed E-state index contributed by atoms with van der Waals surface area (Å²) < 4.78 is 32.4. The zero-order valence-corrected chi connectivity index (χ0v) is 14.3. The van der Waals surface area contributed by atoms with Crippen molar-refractivity contribution in [1.82, 2.24) is 4.31 Å². The van der Waals surface area contributed by atoms with Crippen LogP contribution in [0.1, 0.15) is 27.2 Å². The van der Waals surface area contributed by atoms with Gasteiger partial charge >= 0.3 is 0 Å². The second-order valence-electron chi connectivity index (χ2n) is 4.93. The number of hydrogen-bond donors (Lipinski definition) is 0. The van der Waals surface area contributed by atoms with Gasteiger partial charge in [-0.25, -0.2) is 8.42 Å². The Morgan fingerprint density at radius 3 is 2.42 bits per heavy atom. The molecule has 19 heavy (non-hydrogen) atoms. The predicted octanol–water partition coefficient (Wildman–Crippen LogP) is 3.27. The lowest BCUT2D eigenvalue weighted by Gasteiger charge is -2.33. The van der Waals surface area contributed by atoms with Crippen LogP contribution in [0, 0.1) is 0 Å². The molecule has 0 saturated heterocycles. The molecule has 6 heteroatoms. The number of nitrogens with zero attached hydrogens (tertiary/aromatic N) is 1. The van der Waals surface area contributed by atoms with Crippen LogP contribution >= 0.6 is 15.9 Å². The molecule has 0 saturated carbocycles. The van der Waals surface area contributed by atoms with Gasteiger partial charge in [-0.1, -0.05) is 6.92 Å². The molecular weight excluding hydrogens is 330 g/mol. The molecule has 0 aliphatic heterocycles. The lowest BCUT2D eigenvalue weighted by atomic mass is 10.0. The zero-order chi connectivity index (χ0) is 14.8. The fourth-order valence-electron chi connectivity index (χ4n) is 1.51. The maximum Gasteiger partial charge on any atom is 0.243 e. The Bertz CT molecular complexity index is 555. The number of benzene rings is 1. The van der Waals surface area contributed by atoms with E-state index in [-0.39, 0.29) is 4.90 Å². The molecule has 0 fully saturated rings. The summed E-state index contributed by atoms with van der Waals surface area (Å²) in [6.45, 7) is 5.77. The van der Waals surface area contributed by atoms with E-state index >= 15 is 0 Å². The molecule has 0 N–H and O–H groups in total. The van der Waals surface area contributed by atoms with Crippen LogP contribution in [0.15, 0.2) is 27.6 Å². The molecule has 0 spiro atoms. The highest BCUT2D eigenvalue weighted by Crippen LogP contribution is 2.31.